The van der Waals surface area contributed by atoms with Crippen LogP contribution in [-0.4, -0.2) is 19.5 Å². The lowest BCUT2D eigenvalue weighted by molar-refractivity contribution is 0.229. The molecule has 1 saturated carbocycles. The highest BCUT2D eigenvalue weighted by Gasteiger charge is 2.38. The van der Waals surface area contributed by atoms with Crippen LogP contribution in [0.25, 0.3) is 5.65 Å². The molecule has 0 aromatic carbocycles. The molecule has 4 rings (SSSR count). The van der Waals surface area contributed by atoms with Gasteiger partial charge in [-0.3, -0.25) is 0 Å². The molecule has 2 N–H and O–H groups in total. The predicted octanol–water partition coefficient (Wildman–Crippen LogP) is 2.95. The van der Waals surface area contributed by atoms with Crippen LogP contribution in [0.3, 0.4) is 0 Å². The van der Waals surface area contributed by atoms with Crippen LogP contribution < -0.4 is 5.73 Å². The van der Waals surface area contributed by atoms with E-state index in [4.69, 9.17) is 33.5 Å². The summed E-state index contributed by atoms with van der Waals surface area (Å²) >= 11 is 12.1. The Morgan fingerprint density at radius 2 is 2.09 bits per heavy atom. The molecule has 8 heteroatoms. The number of nitrogens with two attached hydrogens (primary N) is 1. The summed E-state index contributed by atoms with van der Waals surface area (Å²) in [6, 6.07) is 1.66. The number of imidazole rings is 1. The van der Waals surface area contributed by atoms with Crippen molar-refractivity contribution in [2.24, 2.45) is 5.73 Å². The minimum Gasteiger partial charge on any atom is -0.339 e. The zero-order valence-corrected chi connectivity index (χ0v) is 13.1. The molecule has 0 radical (unpaired) electrons. The van der Waals surface area contributed by atoms with Crippen LogP contribution in [0.5, 0.6) is 0 Å². The molecule has 1 aliphatic carbocycles. The van der Waals surface area contributed by atoms with Gasteiger partial charge in [0.05, 0.1) is 27.7 Å². The van der Waals surface area contributed by atoms with Gasteiger partial charge in [0.1, 0.15) is 0 Å². The summed E-state index contributed by atoms with van der Waals surface area (Å²) < 4.78 is 7.08. The molecule has 22 heavy (non-hydrogen) atoms. The number of fused-ring (bicyclic) bond motifs is 1. The fourth-order valence-electron chi connectivity index (χ4n) is 2.63. The van der Waals surface area contributed by atoms with E-state index in [-0.39, 0.29) is 0 Å². The van der Waals surface area contributed by atoms with Crippen LogP contribution in [0.1, 0.15) is 36.7 Å². The summed E-state index contributed by atoms with van der Waals surface area (Å²) in [5.41, 5.74) is 7.20. The maximum atomic E-state index is 6.19. The van der Waals surface area contributed by atoms with E-state index in [1.807, 2.05) is 6.20 Å². The van der Waals surface area contributed by atoms with Gasteiger partial charge in [-0.2, -0.15) is 4.98 Å². The zero-order chi connectivity index (χ0) is 15.3. The van der Waals surface area contributed by atoms with Crippen molar-refractivity contribution in [1.82, 2.24) is 19.5 Å². The topological polar surface area (TPSA) is 82.2 Å². The molecule has 3 heterocycles. The van der Waals surface area contributed by atoms with E-state index in [0.717, 1.165) is 25.0 Å². The van der Waals surface area contributed by atoms with E-state index in [0.29, 0.717) is 33.8 Å². The Hall–Kier alpha value is -1.63. The highest BCUT2D eigenvalue weighted by molar-refractivity contribution is 6.36. The number of aromatic nitrogens is 4. The quantitative estimate of drug-likeness (QED) is 0.794. The maximum absolute atomic E-state index is 6.19. The van der Waals surface area contributed by atoms with E-state index in [1.54, 1.807) is 16.7 Å². The Bertz CT molecular complexity index is 852. The van der Waals surface area contributed by atoms with Gasteiger partial charge in [0.2, 0.25) is 5.89 Å². The van der Waals surface area contributed by atoms with Crippen molar-refractivity contribution >= 4 is 28.8 Å². The summed E-state index contributed by atoms with van der Waals surface area (Å²) in [6.45, 7) is 0. The van der Waals surface area contributed by atoms with Gasteiger partial charge in [-0.25, -0.2) is 4.98 Å². The third kappa shape index (κ3) is 2.27. The van der Waals surface area contributed by atoms with Crippen LogP contribution in [0, 0.1) is 0 Å². The second kappa shape index (κ2) is 4.94. The van der Waals surface area contributed by atoms with Crippen molar-refractivity contribution in [1.29, 1.82) is 0 Å². The van der Waals surface area contributed by atoms with Gasteiger partial charge in [0, 0.05) is 12.4 Å². The molecule has 1 fully saturated rings. The SMILES string of the molecule is NC1(c2noc(Cc3cn4cc(Cl)cc(Cl)c4n3)n2)CCC1. The number of pyridine rings is 1. The van der Waals surface area contributed by atoms with Gasteiger partial charge in [-0.1, -0.05) is 28.4 Å². The largest absolute Gasteiger partial charge is 0.339 e. The second-order valence-electron chi connectivity index (χ2n) is 5.67. The average molecular weight is 338 g/mol. The Morgan fingerprint density at radius 1 is 1.27 bits per heavy atom. The van der Waals surface area contributed by atoms with E-state index >= 15 is 0 Å². The molecule has 0 bridgehead atoms. The molecule has 0 atom stereocenters. The van der Waals surface area contributed by atoms with Crippen molar-refractivity contribution in [3.05, 3.63) is 45.9 Å². The first-order valence-corrected chi connectivity index (χ1v) is 7.74. The average Bonchev–Trinajstić information content (AvgIpc) is 3.03. The monoisotopic (exact) mass is 337 g/mol. The molecule has 1 aliphatic rings. The molecular weight excluding hydrogens is 325 g/mol. The lowest BCUT2D eigenvalue weighted by Crippen LogP contribution is -2.44. The molecule has 0 aliphatic heterocycles. The summed E-state index contributed by atoms with van der Waals surface area (Å²) in [4.78, 5) is 8.87. The van der Waals surface area contributed by atoms with E-state index in [9.17, 15) is 0 Å². The minimum atomic E-state index is -0.419. The number of rotatable bonds is 3. The van der Waals surface area contributed by atoms with Crippen molar-refractivity contribution in [3.8, 4) is 0 Å². The first-order valence-electron chi connectivity index (χ1n) is 6.98. The lowest BCUT2D eigenvalue weighted by atomic mass is 9.77. The fraction of sp³-hybridized carbons (Fsp3) is 0.357. The van der Waals surface area contributed by atoms with Crippen molar-refractivity contribution in [3.63, 3.8) is 0 Å². The molecule has 0 unspecified atom stereocenters. The third-order valence-electron chi connectivity index (χ3n) is 4.01. The molecule has 0 saturated heterocycles. The van der Waals surface area contributed by atoms with Crippen LogP contribution in [-0.2, 0) is 12.0 Å². The standard InChI is InChI=1S/C14H13Cl2N5O/c15-8-4-10(16)12-18-9(7-21(12)6-8)5-11-19-13(20-22-11)14(17)2-1-3-14/h4,6-7H,1-3,5,17H2. The highest BCUT2D eigenvalue weighted by Crippen LogP contribution is 2.37. The lowest BCUT2D eigenvalue weighted by Gasteiger charge is -2.34. The normalized spacial score (nSPS) is 16.9. The van der Waals surface area contributed by atoms with Crippen LogP contribution in [0.4, 0.5) is 0 Å². The third-order valence-corrected chi connectivity index (χ3v) is 4.50. The first kappa shape index (κ1) is 14.0. The Balaban J connectivity index is 1.62. The smallest absolute Gasteiger partial charge is 0.232 e. The van der Waals surface area contributed by atoms with E-state index in [1.165, 1.54) is 0 Å². The predicted molar refractivity (Wildman–Crippen MR) is 82.0 cm³/mol. The van der Waals surface area contributed by atoms with Crippen molar-refractivity contribution in [2.75, 3.05) is 0 Å². The van der Waals surface area contributed by atoms with Gasteiger partial charge >= 0.3 is 0 Å². The molecule has 0 amide bonds. The van der Waals surface area contributed by atoms with Crippen molar-refractivity contribution < 1.29 is 4.52 Å². The van der Waals surface area contributed by atoms with Gasteiger partial charge < -0.3 is 14.7 Å². The summed E-state index contributed by atoms with van der Waals surface area (Å²) in [6.07, 6.45) is 6.92. The number of halogens is 2. The molecule has 3 aromatic rings. The number of hydrogen-bond donors (Lipinski definition) is 1. The summed E-state index contributed by atoms with van der Waals surface area (Å²) in [7, 11) is 0. The molecular formula is C14H13Cl2N5O. The highest BCUT2D eigenvalue weighted by atomic mass is 35.5. The molecule has 0 spiro atoms. The zero-order valence-electron chi connectivity index (χ0n) is 11.6. The Morgan fingerprint density at radius 3 is 2.82 bits per heavy atom. The van der Waals surface area contributed by atoms with E-state index < -0.39 is 5.54 Å². The van der Waals surface area contributed by atoms with Gasteiger partial charge in [0.15, 0.2) is 11.5 Å². The molecule has 3 aromatic heterocycles. The minimum absolute atomic E-state index is 0.419. The van der Waals surface area contributed by atoms with E-state index in [2.05, 4.69) is 15.1 Å². The van der Waals surface area contributed by atoms with Gasteiger partial charge in [-0.15, -0.1) is 0 Å². The van der Waals surface area contributed by atoms with Crippen molar-refractivity contribution in [2.45, 2.75) is 31.2 Å². The molecule has 114 valence electrons. The van der Waals surface area contributed by atoms with Gasteiger partial charge in [0.25, 0.3) is 0 Å². The van der Waals surface area contributed by atoms with Crippen LogP contribution in [0.2, 0.25) is 10.0 Å². The van der Waals surface area contributed by atoms with Crippen LogP contribution in [0.15, 0.2) is 23.0 Å². The summed E-state index contributed by atoms with van der Waals surface area (Å²) in [5, 5.41) is 5.05. The molecule has 6 nitrogen and oxygen atoms in total. The first-order chi connectivity index (χ1) is 10.5. The fourth-order valence-corrected chi connectivity index (χ4v) is 3.15. The Labute approximate surface area is 136 Å². The number of hydrogen-bond acceptors (Lipinski definition) is 5. The Kier molecular flexibility index (Phi) is 3.14. The van der Waals surface area contributed by atoms with Gasteiger partial charge in [-0.05, 0) is 25.3 Å². The maximum Gasteiger partial charge on any atom is 0.232 e. The summed E-state index contributed by atoms with van der Waals surface area (Å²) in [5.74, 6) is 1.08. The number of nitrogens with zero attached hydrogens (tertiary/aromatic N) is 4. The second-order valence-corrected chi connectivity index (χ2v) is 6.51. The van der Waals surface area contributed by atoms with Crippen LogP contribution >= 0.6 is 23.2 Å².